The van der Waals surface area contributed by atoms with E-state index in [1.165, 1.54) is 0 Å². The summed E-state index contributed by atoms with van der Waals surface area (Å²) in [5.74, 6) is -1.11. The maximum Gasteiger partial charge on any atom is 0.324 e. The molecule has 0 aliphatic heterocycles. The van der Waals surface area contributed by atoms with Crippen LogP contribution in [-0.4, -0.2) is 24.6 Å². The lowest BCUT2D eigenvalue weighted by molar-refractivity contribution is -0.160. The highest BCUT2D eigenvalue weighted by molar-refractivity contribution is 6.08. The van der Waals surface area contributed by atoms with Crippen LogP contribution in [0, 0.1) is 17.3 Å². The van der Waals surface area contributed by atoms with E-state index in [1.54, 1.807) is 6.92 Å². The second-order valence-corrected chi connectivity index (χ2v) is 5.39. The topological polar surface area (TPSA) is 60.4 Å². The summed E-state index contributed by atoms with van der Waals surface area (Å²) in [6, 6.07) is 0. The predicted molar refractivity (Wildman–Crippen MR) is 69.3 cm³/mol. The molecule has 2 rings (SSSR count). The number of esters is 1. The minimum Gasteiger partial charge on any atom is -0.465 e. The van der Waals surface area contributed by atoms with Crippen molar-refractivity contribution in [3.63, 3.8) is 0 Å². The van der Waals surface area contributed by atoms with E-state index in [-0.39, 0.29) is 24.2 Å². The van der Waals surface area contributed by atoms with Crippen molar-refractivity contribution in [1.29, 1.82) is 0 Å². The van der Waals surface area contributed by atoms with Gasteiger partial charge in [-0.1, -0.05) is 12.2 Å². The Kier molecular flexibility index (Phi) is 3.88. The molecule has 2 fully saturated rings. The molecule has 0 aromatic heterocycles. The molecule has 4 nitrogen and oxygen atoms in total. The zero-order valence-corrected chi connectivity index (χ0v) is 11.3. The van der Waals surface area contributed by atoms with Crippen LogP contribution in [0.25, 0.3) is 0 Å². The van der Waals surface area contributed by atoms with Gasteiger partial charge in [0.1, 0.15) is 6.29 Å². The molecule has 0 aromatic carbocycles. The molecule has 3 atom stereocenters. The van der Waals surface area contributed by atoms with E-state index in [0.29, 0.717) is 37.7 Å². The number of carbonyl (C=O) groups excluding carboxylic acids is 3. The van der Waals surface area contributed by atoms with Crippen LogP contribution in [0.4, 0.5) is 0 Å². The fourth-order valence-electron chi connectivity index (χ4n) is 3.66. The highest BCUT2D eigenvalue weighted by Crippen LogP contribution is 2.54. The van der Waals surface area contributed by atoms with Crippen molar-refractivity contribution in [3.8, 4) is 0 Å². The molecular formula is C15H20O4. The summed E-state index contributed by atoms with van der Waals surface area (Å²) in [4.78, 5) is 36.2. The number of ketones is 1. The Bertz CT molecular complexity index is 426. The fourth-order valence-corrected chi connectivity index (χ4v) is 3.66. The van der Waals surface area contributed by atoms with Crippen LogP contribution in [-0.2, 0) is 19.1 Å². The van der Waals surface area contributed by atoms with Crippen molar-refractivity contribution in [1.82, 2.24) is 0 Å². The standard InChI is InChI=1S/C15H20O4/c1-3-19-14(18)15-10(2)7-8-12(15)11(9-16)5-4-6-13(15)17/h9,11-12H,2-8H2,1H3/t11?,12-,15+/m0/s1. The average Bonchev–Trinajstić information content (AvgIpc) is 2.65. The third-order valence-corrected chi connectivity index (χ3v) is 4.54. The Morgan fingerprint density at radius 2 is 2.21 bits per heavy atom. The smallest absolute Gasteiger partial charge is 0.324 e. The molecular weight excluding hydrogens is 244 g/mol. The third-order valence-electron chi connectivity index (χ3n) is 4.54. The van der Waals surface area contributed by atoms with E-state index in [1.807, 2.05) is 0 Å². The molecule has 0 amide bonds. The normalized spacial score (nSPS) is 34.6. The molecule has 4 heteroatoms. The summed E-state index contributed by atoms with van der Waals surface area (Å²) in [6.45, 7) is 5.89. The lowest BCUT2D eigenvalue weighted by atomic mass is 9.68. The number of hydrogen-bond acceptors (Lipinski definition) is 4. The summed E-state index contributed by atoms with van der Waals surface area (Å²) in [7, 11) is 0. The first-order chi connectivity index (χ1) is 9.08. The van der Waals surface area contributed by atoms with Crippen molar-refractivity contribution in [2.75, 3.05) is 6.61 Å². The molecule has 1 unspecified atom stereocenters. The van der Waals surface area contributed by atoms with Gasteiger partial charge in [-0.05, 0) is 38.5 Å². The molecule has 104 valence electrons. The van der Waals surface area contributed by atoms with E-state index < -0.39 is 11.4 Å². The largest absolute Gasteiger partial charge is 0.465 e. The number of hydrogen-bond donors (Lipinski definition) is 0. The lowest BCUT2D eigenvalue weighted by Gasteiger charge is -2.33. The van der Waals surface area contributed by atoms with Crippen LogP contribution in [0.5, 0.6) is 0 Å². The molecule has 0 N–H and O–H groups in total. The minimum atomic E-state index is -1.25. The van der Waals surface area contributed by atoms with Crippen LogP contribution >= 0.6 is 0 Å². The van der Waals surface area contributed by atoms with Crippen LogP contribution in [0.3, 0.4) is 0 Å². The van der Waals surface area contributed by atoms with Gasteiger partial charge in [0.25, 0.3) is 0 Å². The molecule has 0 radical (unpaired) electrons. The SMILES string of the molecule is C=C1CC[C@H]2C(C=O)CCCC(=O)[C@@]12C(=O)OCC. The first-order valence-electron chi connectivity index (χ1n) is 6.93. The van der Waals surface area contributed by atoms with E-state index in [4.69, 9.17) is 4.74 Å². The Morgan fingerprint density at radius 1 is 1.47 bits per heavy atom. The summed E-state index contributed by atoms with van der Waals surface area (Å²) in [5.41, 5.74) is -0.618. The van der Waals surface area contributed by atoms with Gasteiger partial charge in [0, 0.05) is 12.3 Å². The van der Waals surface area contributed by atoms with Gasteiger partial charge in [-0.3, -0.25) is 9.59 Å². The molecule has 2 aliphatic carbocycles. The number of carbonyl (C=O) groups is 3. The summed E-state index contributed by atoms with van der Waals surface area (Å²) in [6.07, 6.45) is 3.86. The van der Waals surface area contributed by atoms with Crippen LogP contribution in [0.2, 0.25) is 0 Å². The zero-order valence-electron chi connectivity index (χ0n) is 11.3. The maximum atomic E-state index is 12.5. The Labute approximate surface area is 113 Å². The van der Waals surface area contributed by atoms with Gasteiger partial charge in [-0.25, -0.2) is 0 Å². The summed E-state index contributed by atoms with van der Waals surface area (Å²) in [5, 5.41) is 0. The average molecular weight is 264 g/mol. The first-order valence-corrected chi connectivity index (χ1v) is 6.93. The van der Waals surface area contributed by atoms with Gasteiger partial charge in [0.15, 0.2) is 11.2 Å². The zero-order chi connectivity index (χ0) is 14.0. The Hall–Kier alpha value is -1.45. The van der Waals surface area contributed by atoms with Gasteiger partial charge < -0.3 is 9.53 Å². The van der Waals surface area contributed by atoms with Crippen LogP contribution in [0.1, 0.15) is 39.0 Å². The lowest BCUT2D eigenvalue weighted by Crippen LogP contribution is -2.46. The van der Waals surface area contributed by atoms with Crippen LogP contribution < -0.4 is 0 Å². The van der Waals surface area contributed by atoms with Gasteiger partial charge in [-0.2, -0.15) is 0 Å². The van der Waals surface area contributed by atoms with Gasteiger partial charge >= 0.3 is 5.97 Å². The second-order valence-electron chi connectivity index (χ2n) is 5.39. The van der Waals surface area contributed by atoms with Gasteiger partial charge in [0.2, 0.25) is 0 Å². The molecule has 0 saturated heterocycles. The van der Waals surface area contributed by atoms with E-state index in [9.17, 15) is 14.4 Å². The first kappa shape index (κ1) is 14.0. The van der Waals surface area contributed by atoms with Crippen molar-refractivity contribution < 1.29 is 19.1 Å². The number of Topliss-reactive ketones (excluding diaryl/α,β-unsaturated/α-hetero) is 1. The molecule has 0 aromatic rings. The molecule has 0 heterocycles. The quantitative estimate of drug-likeness (QED) is 0.339. The molecule has 19 heavy (non-hydrogen) atoms. The fraction of sp³-hybridized carbons (Fsp3) is 0.667. The predicted octanol–water partition coefficient (Wildman–Crippen LogP) is 2.07. The number of ether oxygens (including phenoxy) is 1. The number of fused-ring (bicyclic) bond motifs is 1. The van der Waals surface area contributed by atoms with E-state index in [0.717, 1.165) is 6.29 Å². The van der Waals surface area contributed by atoms with Crippen molar-refractivity contribution in [2.24, 2.45) is 17.3 Å². The highest BCUT2D eigenvalue weighted by atomic mass is 16.5. The monoisotopic (exact) mass is 264 g/mol. The number of aldehydes is 1. The van der Waals surface area contributed by atoms with E-state index >= 15 is 0 Å². The van der Waals surface area contributed by atoms with Crippen molar-refractivity contribution >= 4 is 18.0 Å². The van der Waals surface area contributed by atoms with Crippen LogP contribution in [0.15, 0.2) is 12.2 Å². The molecule has 2 saturated carbocycles. The third kappa shape index (κ3) is 1.94. The molecule has 0 spiro atoms. The van der Waals surface area contributed by atoms with Crippen molar-refractivity contribution in [3.05, 3.63) is 12.2 Å². The van der Waals surface area contributed by atoms with E-state index in [2.05, 4.69) is 6.58 Å². The summed E-state index contributed by atoms with van der Waals surface area (Å²) >= 11 is 0. The van der Waals surface area contributed by atoms with Crippen molar-refractivity contribution in [2.45, 2.75) is 39.0 Å². The molecule has 2 aliphatic rings. The maximum absolute atomic E-state index is 12.5. The van der Waals surface area contributed by atoms with Gasteiger partial charge in [-0.15, -0.1) is 0 Å². The number of rotatable bonds is 3. The second kappa shape index (κ2) is 5.27. The Morgan fingerprint density at radius 3 is 2.84 bits per heavy atom. The highest BCUT2D eigenvalue weighted by Gasteiger charge is 2.60. The molecule has 0 bridgehead atoms. The summed E-state index contributed by atoms with van der Waals surface area (Å²) < 4.78 is 5.14. The minimum absolute atomic E-state index is 0.109. The van der Waals surface area contributed by atoms with Gasteiger partial charge in [0.05, 0.1) is 6.61 Å². The Balaban J connectivity index is 2.50.